The summed E-state index contributed by atoms with van der Waals surface area (Å²) < 4.78 is 0. The molecule has 2 N–H and O–H groups in total. The van der Waals surface area contributed by atoms with Crippen LogP contribution >= 0.6 is 0 Å². The molecule has 0 aliphatic rings. The Bertz CT molecular complexity index is 650. The van der Waals surface area contributed by atoms with Gasteiger partial charge in [-0.25, -0.2) is 4.79 Å². The van der Waals surface area contributed by atoms with Crippen LogP contribution in [0.4, 0.5) is 0 Å². The largest absolute Gasteiger partial charge is 0.478 e. The van der Waals surface area contributed by atoms with E-state index in [9.17, 15) is 9.59 Å². The summed E-state index contributed by atoms with van der Waals surface area (Å²) in [6, 6.07) is 16.7. The third-order valence-electron chi connectivity index (χ3n) is 3.86. The Morgan fingerprint density at radius 3 is 2.30 bits per heavy atom. The van der Waals surface area contributed by atoms with Gasteiger partial charge in [0.2, 0.25) is 5.91 Å². The number of carbonyl (C=O) groups is 2. The van der Waals surface area contributed by atoms with Gasteiger partial charge in [-0.1, -0.05) is 49.4 Å². The van der Waals surface area contributed by atoms with E-state index >= 15 is 0 Å². The molecule has 2 aromatic carbocycles. The van der Waals surface area contributed by atoms with Crippen molar-refractivity contribution in [2.45, 2.75) is 32.2 Å². The van der Waals surface area contributed by atoms with Crippen molar-refractivity contribution in [2.24, 2.45) is 0 Å². The molecule has 0 saturated carbocycles. The van der Waals surface area contributed by atoms with Gasteiger partial charge in [-0.3, -0.25) is 4.79 Å². The molecule has 23 heavy (non-hydrogen) atoms. The predicted molar refractivity (Wildman–Crippen MR) is 89.3 cm³/mol. The summed E-state index contributed by atoms with van der Waals surface area (Å²) >= 11 is 0. The molecule has 2 rings (SSSR count). The highest BCUT2D eigenvalue weighted by molar-refractivity contribution is 5.87. The van der Waals surface area contributed by atoms with Crippen LogP contribution in [0.3, 0.4) is 0 Å². The Morgan fingerprint density at radius 2 is 1.70 bits per heavy atom. The normalized spacial score (nSPS) is 11.7. The standard InChI is InChI=1S/C19H21NO3/c1-14(16-5-3-2-4-6-16)7-12-18(21)20-13-15-8-10-17(11-9-15)19(22)23/h2-6,8-11,14H,7,12-13H2,1H3,(H,20,21)(H,22,23). The van der Waals surface area contributed by atoms with Crippen LogP contribution in [0.1, 0.15) is 47.2 Å². The number of benzene rings is 2. The number of hydrogen-bond donors (Lipinski definition) is 2. The maximum Gasteiger partial charge on any atom is 0.335 e. The van der Waals surface area contributed by atoms with Crippen LogP contribution in [0.2, 0.25) is 0 Å². The number of hydrogen-bond acceptors (Lipinski definition) is 2. The summed E-state index contributed by atoms with van der Waals surface area (Å²) in [6.45, 7) is 2.53. The summed E-state index contributed by atoms with van der Waals surface area (Å²) in [5.41, 5.74) is 2.38. The van der Waals surface area contributed by atoms with Crippen LogP contribution in [0.5, 0.6) is 0 Å². The molecule has 0 heterocycles. The maximum atomic E-state index is 11.9. The molecule has 4 nitrogen and oxygen atoms in total. The van der Waals surface area contributed by atoms with Crippen molar-refractivity contribution in [3.8, 4) is 0 Å². The second-order valence-electron chi connectivity index (χ2n) is 5.63. The van der Waals surface area contributed by atoms with E-state index in [4.69, 9.17) is 5.11 Å². The van der Waals surface area contributed by atoms with Crippen LogP contribution < -0.4 is 5.32 Å². The van der Waals surface area contributed by atoms with Crippen LogP contribution in [0.25, 0.3) is 0 Å². The van der Waals surface area contributed by atoms with Gasteiger partial charge in [0.1, 0.15) is 0 Å². The second-order valence-corrected chi connectivity index (χ2v) is 5.63. The average Bonchev–Trinajstić information content (AvgIpc) is 2.59. The Hall–Kier alpha value is -2.62. The zero-order valence-electron chi connectivity index (χ0n) is 13.2. The smallest absolute Gasteiger partial charge is 0.335 e. The van der Waals surface area contributed by atoms with Crippen molar-refractivity contribution in [3.63, 3.8) is 0 Å². The van der Waals surface area contributed by atoms with E-state index in [1.54, 1.807) is 24.3 Å². The summed E-state index contributed by atoms with van der Waals surface area (Å²) in [4.78, 5) is 22.7. The molecule has 120 valence electrons. The van der Waals surface area contributed by atoms with Crippen molar-refractivity contribution in [2.75, 3.05) is 0 Å². The molecule has 0 saturated heterocycles. The van der Waals surface area contributed by atoms with Gasteiger partial charge in [0, 0.05) is 13.0 Å². The minimum atomic E-state index is -0.949. The average molecular weight is 311 g/mol. The first-order chi connectivity index (χ1) is 11.1. The minimum absolute atomic E-state index is 0.00934. The lowest BCUT2D eigenvalue weighted by Gasteiger charge is -2.11. The highest BCUT2D eigenvalue weighted by atomic mass is 16.4. The lowest BCUT2D eigenvalue weighted by atomic mass is 9.96. The maximum absolute atomic E-state index is 11.9. The molecule has 0 aliphatic heterocycles. The molecule has 0 bridgehead atoms. The Labute approximate surface area is 136 Å². The predicted octanol–water partition coefficient (Wildman–Crippen LogP) is 3.58. The number of carboxylic acids is 1. The van der Waals surface area contributed by atoms with E-state index in [-0.39, 0.29) is 11.5 Å². The monoisotopic (exact) mass is 311 g/mol. The molecule has 0 aliphatic carbocycles. The SMILES string of the molecule is CC(CCC(=O)NCc1ccc(C(=O)O)cc1)c1ccccc1. The molecule has 0 radical (unpaired) electrons. The molecule has 1 amide bonds. The van der Waals surface area contributed by atoms with E-state index in [1.807, 2.05) is 18.2 Å². The topological polar surface area (TPSA) is 66.4 Å². The van der Waals surface area contributed by atoms with Gasteiger partial charge in [0.15, 0.2) is 0 Å². The molecule has 1 unspecified atom stereocenters. The summed E-state index contributed by atoms with van der Waals surface area (Å²) in [5, 5.41) is 11.7. The molecule has 0 spiro atoms. The fourth-order valence-corrected chi connectivity index (χ4v) is 2.35. The fraction of sp³-hybridized carbons (Fsp3) is 0.263. The molecular formula is C19H21NO3. The van der Waals surface area contributed by atoms with E-state index in [2.05, 4.69) is 24.4 Å². The summed E-state index contributed by atoms with van der Waals surface area (Å²) in [5.74, 6) is -0.595. The Kier molecular flexibility index (Phi) is 5.92. The minimum Gasteiger partial charge on any atom is -0.478 e. The molecular weight excluding hydrogens is 290 g/mol. The fourth-order valence-electron chi connectivity index (χ4n) is 2.35. The highest BCUT2D eigenvalue weighted by Gasteiger charge is 2.09. The first-order valence-corrected chi connectivity index (χ1v) is 7.70. The number of amides is 1. The molecule has 2 aromatic rings. The first-order valence-electron chi connectivity index (χ1n) is 7.70. The highest BCUT2D eigenvalue weighted by Crippen LogP contribution is 2.19. The van der Waals surface area contributed by atoms with Crippen molar-refractivity contribution in [1.82, 2.24) is 5.32 Å². The summed E-state index contributed by atoms with van der Waals surface area (Å²) in [7, 11) is 0. The molecule has 0 fully saturated rings. The van der Waals surface area contributed by atoms with Crippen molar-refractivity contribution in [1.29, 1.82) is 0 Å². The number of carboxylic acid groups (broad SMARTS) is 1. The molecule has 4 heteroatoms. The number of aromatic carboxylic acids is 1. The third kappa shape index (κ3) is 5.25. The van der Waals surface area contributed by atoms with E-state index < -0.39 is 5.97 Å². The van der Waals surface area contributed by atoms with Crippen LogP contribution in [0, 0.1) is 0 Å². The van der Waals surface area contributed by atoms with Crippen LogP contribution in [-0.4, -0.2) is 17.0 Å². The third-order valence-corrected chi connectivity index (χ3v) is 3.86. The zero-order valence-corrected chi connectivity index (χ0v) is 13.2. The Balaban J connectivity index is 1.75. The number of carbonyl (C=O) groups excluding carboxylic acids is 1. The van der Waals surface area contributed by atoms with Crippen molar-refractivity contribution >= 4 is 11.9 Å². The van der Waals surface area contributed by atoms with E-state index in [1.165, 1.54) is 5.56 Å². The summed E-state index contributed by atoms with van der Waals surface area (Å²) in [6.07, 6.45) is 1.27. The van der Waals surface area contributed by atoms with Gasteiger partial charge in [0.25, 0.3) is 0 Å². The van der Waals surface area contributed by atoms with Crippen molar-refractivity contribution < 1.29 is 14.7 Å². The van der Waals surface area contributed by atoms with Gasteiger partial charge in [0.05, 0.1) is 5.56 Å². The lowest BCUT2D eigenvalue weighted by Crippen LogP contribution is -2.22. The lowest BCUT2D eigenvalue weighted by molar-refractivity contribution is -0.121. The van der Waals surface area contributed by atoms with Crippen molar-refractivity contribution in [3.05, 3.63) is 71.3 Å². The van der Waals surface area contributed by atoms with E-state index in [0.29, 0.717) is 18.9 Å². The van der Waals surface area contributed by atoms with Gasteiger partial charge >= 0.3 is 5.97 Å². The van der Waals surface area contributed by atoms with Gasteiger partial charge < -0.3 is 10.4 Å². The van der Waals surface area contributed by atoms with Gasteiger partial charge in [-0.15, -0.1) is 0 Å². The Morgan fingerprint density at radius 1 is 1.04 bits per heavy atom. The van der Waals surface area contributed by atoms with Gasteiger partial charge in [-0.05, 0) is 35.6 Å². The zero-order chi connectivity index (χ0) is 16.7. The van der Waals surface area contributed by atoms with E-state index in [0.717, 1.165) is 12.0 Å². The number of nitrogens with one attached hydrogen (secondary N) is 1. The molecule has 1 atom stereocenters. The van der Waals surface area contributed by atoms with Crippen LogP contribution in [-0.2, 0) is 11.3 Å². The number of rotatable bonds is 7. The second kappa shape index (κ2) is 8.13. The molecule has 0 aromatic heterocycles. The van der Waals surface area contributed by atoms with Crippen LogP contribution in [0.15, 0.2) is 54.6 Å². The first kappa shape index (κ1) is 16.7. The quantitative estimate of drug-likeness (QED) is 0.821. The van der Waals surface area contributed by atoms with Gasteiger partial charge in [-0.2, -0.15) is 0 Å².